The van der Waals surface area contributed by atoms with Crippen LogP contribution in [0.1, 0.15) is 18.2 Å². The van der Waals surface area contributed by atoms with Crippen LogP contribution in [0, 0.1) is 11.8 Å². The van der Waals surface area contributed by atoms with Crippen LogP contribution in [0.25, 0.3) is 0 Å². The Morgan fingerprint density at radius 2 is 2.08 bits per heavy atom. The summed E-state index contributed by atoms with van der Waals surface area (Å²) in [7, 11) is 0. The van der Waals surface area contributed by atoms with Gasteiger partial charge in [0.15, 0.2) is 0 Å². The second-order valence-electron chi connectivity index (χ2n) is 6.18. The molecule has 1 atom stereocenters. The Hall–Kier alpha value is -2.40. The maximum atomic E-state index is 12.1. The molecule has 0 aliphatic carbocycles. The number of hydrogen-bond donors (Lipinski definition) is 2. The minimum atomic E-state index is 0.0622. The molecular formula is C19H23N3O2. The van der Waals surface area contributed by atoms with Crippen LogP contribution in [0.3, 0.4) is 0 Å². The van der Waals surface area contributed by atoms with Gasteiger partial charge in [0.1, 0.15) is 12.4 Å². The Morgan fingerprint density at radius 1 is 1.29 bits per heavy atom. The van der Waals surface area contributed by atoms with Crippen LogP contribution in [0.4, 0.5) is 0 Å². The van der Waals surface area contributed by atoms with Gasteiger partial charge in [-0.05, 0) is 48.8 Å². The number of hydrogen-bond acceptors (Lipinski definition) is 4. The van der Waals surface area contributed by atoms with Gasteiger partial charge in [0.2, 0.25) is 5.91 Å². The Labute approximate surface area is 142 Å². The van der Waals surface area contributed by atoms with Gasteiger partial charge in [-0.2, -0.15) is 0 Å². The first-order valence-electron chi connectivity index (χ1n) is 8.32. The van der Waals surface area contributed by atoms with Crippen LogP contribution in [0.5, 0.6) is 5.75 Å². The minimum Gasteiger partial charge on any atom is -0.487 e. The molecule has 1 amide bonds. The monoisotopic (exact) mass is 325 g/mol. The molecule has 2 aromatic rings. The van der Waals surface area contributed by atoms with Crippen LogP contribution >= 0.6 is 0 Å². The van der Waals surface area contributed by atoms with Crippen molar-refractivity contribution in [1.29, 1.82) is 0 Å². The van der Waals surface area contributed by atoms with E-state index in [2.05, 4.69) is 15.6 Å². The Morgan fingerprint density at radius 3 is 2.71 bits per heavy atom. The Bertz CT molecular complexity index is 654. The second kappa shape index (κ2) is 7.93. The van der Waals surface area contributed by atoms with Crippen LogP contribution in [0.15, 0.2) is 48.7 Å². The molecule has 5 heteroatoms. The van der Waals surface area contributed by atoms with Crippen molar-refractivity contribution in [3.63, 3.8) is 0 Å². The predicted octanol–water partition coefficient (Wildman–Crippen LogP) is 2.13. The molecule has 0 spiro atoms. The molecule has 1 aliphatic heterocycles. The summed E-state index contributed by atoms with van der Waals surface area (Å²) in [6.07, 6.45) is 1.76. The fraction of sp³-hybridized carbons (Fsp3) is 0.368. The van der Waals surface area contributed by atoms with Crippen LogP contribution in [-0.2, 0) is 17.9 Å². The molecule has 0 bridgehead atoms. The van der Waals surface area contributed by atoms with Crippen molar-refractivity contribution in [2.24, 2.45) is 11.8 Å². The van der Waals surface area contributed by atoms with Gasteiger partial charge in [-0.3, -0.25) is 9.78 Å². The quantitative estimate of drug-likeness (QED) is 0.819. The topological polar surface area (TPSA) is 63.2 Å². The van der Waals surface area contributed by atoms with Gasteiger partial charge < -0.3 is 15.4 Å². The summed E-state index contributed by atoms with van der Waals surface area (Å²) in [5, 5.41) is 6.21. The first-order chi connectivity index (χ1) is 11.7. The molecule has 5 nitrogen and oxygen atoms in total. The van der Waals surface area contributed by atoms with Crippen molar-refractivity contribution in [3.8, 4) is 5.75 Å². The number of pyridine rings is 1. The van der Waals surface area contributed by atoms with E-state index in [0.29, 0.717) is 19.1 Å². The third-order valence-electron chi connectivity index (χ3n) is 4.44. The number of aromatic nitrogens is 1. The first kappa shape index (κ1) is 16.5. The normalized spacial score (nSPS) is 15.4. The predicted molar refractivity (Wildman–Crippen MR) is 92.4 cm³/mol. The number of carbonyl (C=O) groups is 1. The van der Waals surface area contributed by atoms with E-state index in [0.717, 1.165) is 30.1 Å². The maximum Gasteiger partial charge on any atom is 0.223 e. The largest absolute Gasteiger partial charge is 0.487 e. The fourth-order valence-electron chi connectivity index (χ4n) is 2.57. The lowest BCUT2D eigenvalue weighted by Gasteiger charge is -2.31. The molecule has 2 N–H and O–H groups in total. The highest BCUT2D eigenvalue weighted by Crippen LogP contribution is 2.17. The summed E-state index contributed by atoms with van der Waals surface area (Å²) in [6.45, 7) is 4.87. The van der Waals surface area contributed by atoms with E-state index in [-0.39, 0.29) is 11.8 Å². The molecule has 126 valence electrons. The van der Waals surface area contributed by atoms with Crippen molar-refractivity contribution in [3.05, 3.63) is 59.9 Å². The van der Waals surface area contributed by atoms with Gasteiger partial charge in [0.25, 0.3) is 0 Å². The van der Waals surface area contributed by atoms with Crippen LogP contribution in [0.2, 0.25) is 0 Å². The van der Waals surface area contributed by atoms with E-state index in [4.69, 9.17) is 4.74 Å². The van der Waals surface area contributed by atoms with E-state index in [1.54, 1.807) is 6.20 Å². The minimum absolute atomic E-state index is 0.0622. The van der Waals surface area contributed by atoms with Gasteiger partial charge in [0.05, 0.1) is 5.69 Å². The van der Waals surface area contributed by atoms with Crippen molar-refractivity contribution in [2.75, 3.05) is 13.1 Å². The van der Waals surface area contributed by atoms with Gasteiger partial charge in [-0.1, -0.05) is 25.1 Å². The highest BCUT2D eigenvalue weighted by Gasteiger charge is 2.28. The lowest BCUT2D eigenvalue weighted by molar-refractivity contribution is -0.126. The molecule has 2 heterocycles. The smallest absolute Gasteiger partial charge is 0.223 e. The summed E-state index contributed by atoms with van der Waals surface area (Å²) in [5.41, 5.74) is 1.96. The molecule has 1 aliphatic rings. The van der Waals surface area contributed by atoms with Gasteiger partial charge in [-0.25, -0.2) is 0 Å². The molecule has 0 saturated carbocycles. The van der Waals surface area contributed by atoms with Crippen molar-refractivity contribution in [2.45, 2.75) is 20.1 Å². The summed E-state index contributed by atoms with van der Waals surface area (Å²) >= 11 is 0. The lowest BCUT2D eigenvalue weighted by atomic mass is 9.88. The van der Waals surface area contributed by atoms with Gasteiger partial charge >= 0.3 is 0 Å². The van der Waals surface area contributed by atoms with E-state index in [1.807, 2.05) is 49.4 Å². The second-order valence-corrected chi connectivity index (χ2v) is 6.18. The van der Waals surface area contributed by atoms with Crippen LogP contribution < -0.4 is 15.4 Å². The molecule has 24 heavy (non-hydrogen) atoms. The first-order valence-corrected chi connectivity index (χ1v) is 8.32. The van der Waals surface area contributed by atoms with Crippen LogP contribution in [-0.4, -0.2) is 24.0 Å². The molecule has 1 aromatic heterocycles. The summed E-state index contributed by atoms with van der Waals surface area (Å²) in [6, 6.07) is 13.6. The summed E-state index contributed by atoms with van der Waals surface area (Å²) in [5.74, 6) is 1.45. The number of rotatable bonds is 7. The lowest BCUT2D eigenvalue weighted by Crippen LogP contribution is -2.49. The number of benzene rings is 1. The van der Waals surface area contributed by atoms with Crippen molar-refractivity contribution in [1.82, 2.24) is 15.6 Å². The summed E-state index contributed by atoms with van der Waals surface area (Å²) < 4.78 is 5.71. The Balaban J connectivity index is 1.45. The number of ether oxygens (including phenoxy) is 1. The number of nitrogens with one attached hydrogen (secondary N) is 2. The van der Waals surface area contributed by atoms with Crippen molar-refractivity contribution < 1.29 is 9.53 Å². The zero-order chi connectivity index (χ0) is 16.8. The molecule has 1 aromatic carbocycles. The van der Waals surface area contributed by atoms with E-state index < -0.39 is 0 Å². The zero-order valence-corrected chi connectivity index (χ0v) is 13.9. The number of nitrogens with zero attached hydrogens (tertiary/aromatic N) is 1. The molecular weight excluding hydrogens is 302 g/mol. The van der Waals surface area contributed by atoms with Crippen molar-refractivity contribution >= 4 is 5.91 Å². The summed E-state index contributed by atoms with van der Waals surface area (Å²) in [4.78, 5) is 16.3. The number of amides is 1. The molecule has 0 radical (unpaired) electrons. The zero-order valence-electron chi connectivity index (χ0n) is 13.9. The molecule has 1 saturated heterocycles. The molecule has 3 rings (SSSR count). The highest BCUT2D eigenvalue weighted by molar-refractivity contribution is 5.78. The van der Waals surface area contributed by atoms with Gasteiger partial charge in [-0.15, -0.1) is 0 Å². The van der Waals surface area contributed by atoms with E-state index >= 15 is 0 Å². The maximum absolute atomic E-state index is 12.1. The third-order valence-corrected chi connectivity index (χ3v) is 4.44. The highest BCUT2D eigenvalue weighted by atomic mass is 16.5. The third kappa shape index (κ3) is 4.32. The average Bonchev–Trinajstić information content (AvgIpc) is 2.58. The number of carbonyl (C=O) groups excluding carboxylic acids is 1. The fourth-order valence-corrected chi connectivity index (χ4v) is 2.57. The molecule has 1 fully saturated rings. The standard InChI is InChI=1S/C19H23N3O2/c1-14(16-11-20-12-16)19(23)22-10-15-5-7-18(8-6-15)24-13-17-4-2-3-9-21-17/h2-9,14,16,20H,10-13H2,1H3,(H,22,23). The Kier molecular flexibility index (Phi) is 5.43. The average molecular weight is 325 g/mol. The van der Waals surface area contributed by atoms with E-state index in [1.165, 1.54) is 0 Å². The molecule has 1 unspecified atom stereocenters. The van der Waals surface area contributed by atoms with Gasteiger partial charge in [0, 0.05) is 18.7 Å². The SMILES string of the molecule is CC(C(=O)NCc1ccc(OCc2ccccn2)cc1)C1CNC1. The van der Waals surface area contributed by atoms with E-state index in [9.17, 15) is 4.79 Å².